The molecule has 0 radical (unpaired) electrons. The molecule has 6 rings (SSSR count). The first kappa shape index (κ1) is 23.1. The van der Waals surface area contributed by atoms with Crippen LogP contribution in [0.15, 0.2) is 57.7 Å². The summed E-state index contributed by atoms with van der Waals surface area (Å²) in [5.41, 5.74) is -1.29. The summed E-state index contributed by atoms with van der Waals surface area (Å²) in [6.07, 6.45) is -4.80. The molecule has 5 aromatic rings. The molecular weight excluding hydrogens is 491 g/mol. The van der Waals surface area contributed by atoms with E-state index in [1.165, 1.54) is 7.11 Å². The number of hydrogen-bond acceptors (Lipinski definition) is 7. The Kier molecular flexibility index (Phi) is 5.41. The lowest BCUT2D eigenvalue weighted by molar-refractivity contribution is -0.140. The van der Waals surface area contributed by atoms with E-state index in [0.717, 1.165) is 4.52 Å². The van der Waals surface area contributed by atoms with Crippen LogP contribution in [-0.4, -0.2) is 53.0 Å². The average Bonchev–Trinajstić information content (AvgIpc) is 3.51. The summed E-state index contributed by atoms with van der Waals surface area (Å²) < 4.78 is 59.9. The van der Waals surface area contributed by atoms with E-state index in [1.807, 2.05) is 4.90 Å². The van der Waals surface area contributed by atoms with Gasteiger partial charge in [-0.2, -0.15) is 22.8 Å². The Bertz CT molecular complexity index is 1670. The molecular formula is C25H20F3N5O4. The molecule has 1 aliphatic rings. The zero-order chi connectivity index (χ0) is 25.7. The van der Waals surface area contributed by atoms with Crippen molar-refractivity contribution in [2.75, 3.05) is 38.3 Å². The Morgan fingerprint density at radius 3 is 2.49 bits per heavy atom. The third-order valence-corrected chi connectivity index (χ3v) is 6.24. The third-order valence-electron chi connectivity index (χ3n) is 6.24. The maximum atomic E-state index is 14.1. The first-order valence-corrected chi connectivity index (χ1v) is 11.4. The van der Waals surface area contributed by atoms with Gasteiger partial charge in [0, 0.05) is 13.1 Å². The minimum Gasteiger partial charge on any atom is -0.494 e. The molecule has 1 saturated heterocycles. The van der Waals surface area contributed by atoms with Crippen molar-refractivity contribution in [3.05, 3.63) is 64.6 Å². The second-order valence-electron chi connectivity index (χ2n) is 8.43. The number of benzene rings is 2. The molecule has 1 N–H and O–H groups in total. The minimum absolute atomic E-state index is 0.0384. The van der Waals surface area contributed by atoms with Gasteiger partial charge in [-0.25, -0.2) is 4.98 Å². The molecule has 0 saturated carbocycles. The fourth-order valence-electron chi connectivity index (χ4n) is 4.55. The summed E-state index contributed by atoms with van der Waals surface area (Å²) in [4.78, 5) is 23.3. The van der Waals surface area contributed by atoms with Crippen molar-refractivity contribution in [2.24, 2.45) is 0 Å². The van der Waals surface area contributed by atoms with Gasteiger partial charge in [-0.3, -0.25) is 4.79 Å². The molecule has 0 spiro atoms. The molecule has 0 unspecified atom stereocenters. The lowest BCUT2D eigenvalue weighted by atomic mass is 10.1. The number of morpholine rings is 1. The van der Waals surface area contributed by atoms with E-state index in [2.05, 4.69) is 15.1 Å². The van der Waals surface area contributed by atoms with E-state index in [0.29, 0.717) is 43.2 Å². The number of fused-ring (bicyclic) bond motifs is 2. The number of nitrogens with one attached hydrogen (secondary N) is 1. The summed E-state index contributed by atoms with van der Waals surface area (Å²) >= 11 is 0. The van der Waals surface area contributed by atoms with Crippen LogP contribution in [0.2, 0.25) is 0 Å². The molecule has 2 aromatic carbocycles. The van der Waals surface area contributed by atoms with Crippen molar-refractivity contribution < 1.29 is 27.1 Å². The Hall–Kier alpha value is -4.32. The van der Waals surface area contributed by atoms with Gasteiger partial charge in [-0.15, -0.1) is 0 Å². The maximum absolute atomic E-state index is 14.1. The number of rotatable bonds is 4. The van der Waals surface area contributed by atoms with Gasteiger partial charge >= 0.3 is 6.18 Å². The highest BCUT2D eigenvalue weighted by Gasteiger charge is 2.40. The maximum Gasteiger partial charge on any atom is 0.435 e. The van der Waals surface area contributed by atoms with Crippen LogP contribution >= 0.6 is 0 Å². The first-order valence-electron chi connectivity index (χ1n) is 11.4. The second kappa shape index (κ2) is 8.66. The molecule has 0 atom stereocenters. The fourth-order valence-corrected chi connectivity index (χ4v) is 4.55. The number of methoxy groups -OCH3 is 1. The van der Waals surface area contributed by atoms with Gasteiger partial charge in [0.2, 0.25) is 5.89 Å². The highest BCUT2D eigenvalue weighted by molar-refractivity contribution is 5.86. The monoisotopic (exact) mass is 511 g/mol. The number of alkyl halides is 3. The Labute approximate surface area is 207 Å². The van der Waals surface area contributed by atoms with Gasteiger partial charge in [0.1, 0.15) is 22.8 Å². The quantitative estimate of drug-likeness (QED) is 0.383. The second-order valence-corrected chi connectivity index (χ2v) is 8.43. The number of aromatic amines is 1. The van der Waals surface area contributed by atoms with Gasteiger partial charge in [-0.1, -0.05) is 36.4 Å². The predicted octanol–water partition coefficient (Wildman–Crippen LogP) is 4.36. The number of anilines is 1. The lowest BCUT2D eigenvalue weighted by Crippen LogP contribution is -2.38. The molecule has 3 aromatic heterocycles. The van der Waals surface area contributed by atoms with Gasteiger partial charge < -0.3 is 23.8 Å². The summed E-state index contributed by atoms with van der Waals surface area (Å²) in [7, 11) is 1.48. The van der Waals surface area contributed by atoms with Crippen LogP contribution in [0.4, 0.5) is 19.0 Å². The van der Waals surface area contributed by atoms with E-state index in [4.69, 9.17) is 13.9 Å². The van der Waals surface area contributed by atoms with Crippen molar-refractivity contribution in [3.8, 4) is 28.3 Å². The molecule has 37 heavy (non-hydrogen) atoms. The van der Waals surface area contributed by atoms with E-state index in [1.54, 1.807) is 48.5 Å². The molecule has 1 fully saturated rings. The van der Waals surface area contributed by atoms with Crippen LogP contribution in [0, 0.1) is 0 Å². The number of nitrogens with zero attached hydrogens (tertiary/aromatic N) is 4. The molecule has 190 valence electrons. The molecule has 0 amide bonds. The zero-order valence-corrected chi connectivity index (χ0v) is 19.5. The summed E-state index contributed by atoms with van der Waals surface area (Å²) in [6, 6.07) is 13.1. The Balaban J connectivity index is 1.69. The molecule has 1 aliphatic heterocycles. The van der Waals surface area contributed by atoms with Crippen LogP contribution in [0.3, 0.4) is 0 Å². The number of para-hydroxylation sites is 1. The predicted molar refractivity (Wildman–Crippen MR) is 129 cm³/mol. The topological polar surface area (TPSA) is 97.9 Å². The van der Waals surface area contributed by atoms with E-state index in [-0.39, 0.29) is 34.0 Å². The molecule has 9 nitrogen and oxygen atoms in total. The van der Waals surface area contributed by atoms with Gasteiger partial charge in [0.05, 0.1) is 25.9 Å². The van der Waals surface area contributed by atoms with E-state index in [9.17, 15) is 18.0 Å². The van der Waals surface area contributed by atoms with Gasteiger partial charge in [-0.05, 0) is 17.7 Å². The highest BCUT2D eigenvalue weighted by atomic mass is 19.4. The van der Waals surface area contributed by atoms with E-state index < -0.39 is 17.4 Å². The minimum atomic E-state index is -4.80. The first-order chi connectivity index (χ1) is 17.9. The third kappa shape index (κ3) is 3.80. The van der Waals surface area contributed by atoms with Crippen LogP contribution in [0.25, 0.3) is 39.3 Å². The molecule has 0 aliphatic carbocycles. The Morgan fingerprint density at radius 2 is 1.78 bits per heavy atom. The number of H-pyrrole nitrogens is 1. The summed E-state index contributed by atoms with van der Waals surface area (Å²) in [6.45, 7) is 1.58. The standard InChI is InChI=1S/C25H20F3N5O4/c1-35-15-8-5-9-16-19(15)29-23(37-16)18-21(32-10-12-36-13-11-32)30-22-17(14-6-3-2-4-7-14)20(25(26,27)28)31-33(22)24(18)34/h2-9,30H,10-13H2,1H3. The molecule has 4 heterocycles. The van der Waals surface area contributed by atoms with E-state index >= 15 is 0 Å². The van der Waals surface area contributed by atoms with Crippen molar-refractivity contribution in [1.29, 1.82) is 0 Å². The summed E-state index contributed by atoms with van der Waals surface area (Å²) in [5.74, 6) is 0.648. The smallest absolute Gasteiger partial charge is 0.435 e. The van der Waals surface area contributed by atoms with Gasteiger partial charge in [0.25, 0.3) is 5.56 Å². The van der Waals surface area contributed by atoms with Crippen LogP contribution < -0.4 is 15.2 Å². The number of aromatic nitrogens is 4. The van der Waals surface area contributed by atoms with Crippen molar-refractivity contribution in [2.45, 2.75) is 6.18 Å². The zero-order valence-electron chi connectivity index (χ0n) is 19.5. The summed E-state index contributed by atoms with van der Waals surface area (Å²) in [5, 5.41) is 3.73. The van der Waals surface area contributed by atoms with Crippen LogP contribution in [0.5, 0.6) is 5.75 Å². The highest BCUT2D eigenvalue weighted by Crippen LogP contribution is 2.40. The lowest BCUT2D eigenvalue weighted by Gasteiger charge is -2.29. The largest absolute Gasteiger partial charge is 0.494 e. The number of hydrogen-bond donors (Lipinski definition) is 1. The number of oxazole rings is 1. The SMILES string of the molecule is COc1cccc2oc(-c3c(N4CCOCC4)[nH]c4c(-c5ccccc5)c(C(F)(F)F)nn4c3=O)nc12. The molecule has 0 bridgehead atoms. The average molecular weight is 511 g/mol. The van der Waals surface area contributed by atoms with Crippen molar-refractivity contribution >= 4 is 22.6 Å². The van der Waals surface area contributed by atoms with Crippen LogP contribution in [0.1, 0.15) is 5.69 Å². The Morgan fingerprint density at radius 1 is 1.03 bits per heavy atom. The number of ether oxygens (including phenoxy) is 2. The van der Waals surface area contributed by atoms with Crippen molar-refractivity contribution in [3.63, 3.8) is 0 Å². The number of halogens is 3. The van der Waals surface area contributed by atoms with Crippen LogP contribution in [-0.2, 0) is 10.9 Å². The molecule has 12 heteroatoms. The van der Waals surface area contributed by atoms with Gasteiger partial charge in [0.15, 0.2) is 16.8 Å². The van der Waals surface area contributed by atoms with Crippen molar-refractivity contribution in [1.82, 2.24) is 19.6 Å². The fraction of sp³-hybridized carbons (Fsp3) is 0.240. The normalized spacial score (nSPS) is 14.5.